The van der Waals surface area contributed by atoms with Gasteiger partial charge in [0.25, 0.3) is 0 Å². The van der Waals surface area contributed by atoms with Crippen molar-refractivity contribution in [3.8, 4) is 0 Å². The Hall–Kier alpha value is -1.27. The lowest BCUT2D eigenvalue weighted by atomic mass is 10.1. The number of nitrogens with one attached hydrogen (secondary N) is 2. The third kappa shape index (κ3) is 6.35. The monoisotopic (exact) mass is 332 g/mol. The zero-order valence-corrected chi connectivity index (χ0v) is 14.0. The average Bonchev–Trinajstić information content (AvgIpc) is 2.39. The van der Waals surface area contributed by atoms with E-state index in [1.54, 1.807) is 19.9 Å². The summed E-state index contributed by atoms with van der Waals surface area (Å²) in [6.07, 6.45) is 0. The van der Waals surface area contributed by atoms with Gasteiger partial charge in [0.1, 0.15) is 0 Å². The zero-order chi connectivity index (χ0) is 16.0. The molecule has 2 amide bonds. The SMILES string of the molecule is CCS(=O)(=O)CC(C)NC(=O)NCc1ccc(Cl)c(C)c1. The molecule has 1 aromatic carbocycles. The Labute approximate surface area is 131 Å². The minimum Gasteiger partial charge on any atom is -0.335 e. The van der Waals surface area contributed by atoms with Crippen molar-refractivity contribution in [3.05, 3.63) is 34.3 Å². The van der Waals surface area contributed by atoms with Gasteiger partial charge in [-0.25, -0.2) is 13.2 Å². The van der Waals surface area contributed by atoms with Gasteiger partial charge in [-0.3, -0.25) is 0 Å². The molecule has 0 aliphatic carbocycles. The van der Waals surface area contributed by atoms with Gasteiger partial charge in [-0.15, -0.1) is 0 Å². The van der Waals surface area contributed by atoms with Crippen molar-refractivity contribution in [2.45, 2.75) is 33.4 Å². The number of rotatable bonds is 6. The summed E-state index contributed by atoms with van der Waals surface area (Å²) < 4.78 is 22.9. The quantitative estimate of drug-likeness (QED) is 0.839. The van der Waals surface area contributed by atoms with Gasteiger partial charge in [-0.05, 0) is 31.0 Å². The first-order valence-electron chi connectivity index (χ1n) is 6.73. The van der Waals surface area contributed by atoms with Crippen LogP contribution < -0.4 is 10.6 Å². The molecule has 5 nitrogen and oxygen atoms in total. The van der Waals surface area contributed by atoms with Crippen molar-refractivity contribution in [2.24, 2.45) is 0 Å². The molecule has 0 radical (unpaired) electrons. The molecular formula is C14H21ClN2O3S. The van der Waals surface area contributed by atoms with E-state index in [0.717, 1.165) is 11.1 Å². The maximum atomic E-state index is 11.7. The van der Waals surface area contributed by atoms with E-state index in [-0.39, 0.29) is 17.5 Å². The number of amides is 2. The van der Waals surface area contributed by atoms with Crippen molar-refractivity contribution in [1.82, 2.24) is 10.6 Å². The third-order valence-electron chi connectivity index (χ3n) is 3.00. The lowest BCUT2D eigenvalue weighted by Crippen LogP contribution is -2.43. The van der Waals surface area contributed by atoms with E-state index in [9.17, 15) is 13.2 Å². The summed E-state index contributed by atoms with van der Waals surface area (Å²) in [6.45, 7) is 5.50. The second-order valence-corrected chi connectivity index (χ2v) is 7.82. The van der Waals surface area contributed by atoms with Crippen LogP contribution in [0.4, 0.5) is 4.79 Å². The number of benzene rings is 1. The molecule has 0 aliphatic rings. The summed E-state index contributed by atoms with van der Waals surface area (Å²) in [5, 5.41) is 5.99. The topological polar surface area (TPSA) is 75.3 Å². The van der Waals surface area contributed by atoms with Crippen LogP contribution in [-0.2, 0) is 16.4 Å². The number of halogens is 1. The molecule has 21 heavy (non-hydrogen) atoms. The van der Waals surface area contributed by atoms with E-state index in [2.05, 4.69) is 10.6 Å². The molecule has 0 heterocycles. The Morgan fingerprint density at radius 3 is 2.62 bits per heavy atom. The Balaban J connectivity index is 2.45. The highest BCUT2D eigenvalue weighted by Gasteiger charge is 2.15. The van der Waals surface area contributed by atoms with Gasteiger partial charge >= 0.3 is 6.03 Å². The van der Waals surface area contributed by atoms with Gasteiger partial charge in [0.2, 0.25) is 0 Å². The fourth-order valence-electron chi connectivity index (χ4n) is 1.81. The van der Waals surface area contributed by atoms with Gasteiger partial charge < -0.3 is 10.6 Å². The molecule has 1 unspecified atom stereocenters. The van der Waals surface area contributed by atoms with Crippen LogP contribution in [0.25, 0.3) is 0 Å². The minimum atomic E-state index is -3.10. The third-order valence-corrected chi connectivity index (χ3v) is 5.31. The first kappa shape index (κ1) is 17.8. The van der Waals surface area contributed by atoms with Crippen molar-refractivity contribution in [3.63, 3.8) is 0 Å². The summed E-state index contributed by atoms with van der Waals surface area (Å²) in [6, 6.07) is 4.69. The normalized spacial score (nSPS) is 12.8. The summed E-state index contributed by atoms with van der Waals surface area (Å²) in [5.74, 6) is 0.0155. The first-order chi connectivity index (χ1) is 9.73. The predicted molar refractivity (Wildman–Crippen MR) is 85.4 cm³/mol. The number of urea groups is 1. The van der Waals surface area contributed by atoms with Crippen LogP contribution in [0.5, 0.6) is 0 Å². The lowest BCUT2D eigenvalue weighted by molar-refractivity contribution is 0.238. The van der Waals surface area contributed by atoms with Crippen LogP contribution in [0, 0.1) is 6.92 Å². The van der Waals surface area contributed by atoms with Gasteiger partial charge in [0.05, 0.1) is 5.75 Å². The summed E-state index contributed by atoms with van der Waals surface area (Å²) in [7, 11) is -3.10. The van der Waals surface area contributed by atoms with E-state index < -0.39 is 15.9 Å². The van der Waals surface area contributed by atoms with Gasteiger partial charge in [0.15, 0.2) is 9.84 Å². The van der Waals surface area contributed by atoms with Crippen molar-refractivity contribution in [1.29, 1.82) is 0 Å². The molecule has 0 aromatic heterocycles. The van der Waals surface area contributed by atoms with Crippen molar-refractivity contribution in [2.75, 3.05) is 11.5 Å². The van der Waals surface area contributed by atoms with Gasteiger partial charge in [-0.2, -0.15) is 0 Å². The molecule has 0 saturated heterocycles. The standard InChI is InChI=1S/C14H21ClN2O3S/c1-4-21(19,20)9-11(3)17-14(18)16-8-12-5-6-13(15)10(2)7-12/h5-7,11H,4,8-9H2,1-3H3,(H2,16,17,18). The predicted octanol–water partition coefficient (Wildman–Crippen LogP) is 2.27. The highest BCUT2D eigenvalue weighted by molar-refractivity contribution is 7.91. The van der Waals surface area contributed by atoms with Crippen molar-refractivity contribution < 1.29 is 13.2 Å². The molecule has 1 atom stereocenters. The number of aryl methyl sites for hydroxylation is 1. The molecule has 0 spiro atoms. The van der Waals surface area contributed by atoms with Crippen LogP contribution in [0.3, 0.4) is 0 Å². The number of hydrogen-bond donors (Lipinski definition) is 2. The second-order valence-electron chi connectivity index (χ2n) is 5.01. The van der Waals surface area contributed by atoms with E-state index in [1.807, 2.05) is 19.1 Å². The largest absolute Gasteiger partial charge is 0.335 e. The van der Waals surface area contributed by atoms with Crippen LogP contribution in [-0.4, -0.2) is 32.0 Å². The van der Waals surface area contributed by atoms with Gasteiger partial charge in [0, 0.05) is 23.4 Å². The second kappa shape index (κ2) is 7.66. The van der Waals surface area contributed by atoms with Gasteiger partial charge in [-0.1, -0.05) is 30.7 Å². The molecule has 0 saturated carbocycles. The number of hydrogen-bond acceptors (Lipinski definition) is 3. The fourth-order valence-corrected chi connectivity index (χ4v) is 3.01. The van der Waals surface area contributed by atoms with E-state index in [1.165, 1.54) is 0 Å². The molecule has 118 valence electrons. The molecule has 0 fully saturated rings. The number of carbonyl (C=O) groups is 1. The van der Waals surface area contributed by atoms with Crippen molar-refractivity contribution >= 4 is 27.5 Å². The Kier molecular flexibility index (Phi) is 6.48. The van der Waals surface area contributed by atoms with E-state index in [0.29, 0.717) is 11.6 Å². The Morgan fingerprint density at radius 1 is 1.38 bits per heavy atom. The Bertz CT molecular complexity index is 602. The smallest absolute Gasteiger partial charge is 0.315 e. The molecule has 2 N–H and O–H groups in total. The highest BCUT2D eigenvalue weighted by Crippen LogP contribution is 2.15. The van der Waals surface area contributed by atoms with Crippen LogP contribution in [0.15, 0.2) is 18.2 Å². The summed E-state index contributed by atoms with van der Waals surface area (Å²) in [4.78, 5) is 11.7. The summed E-state index contributed by atoms with van der Waals surface area (Å²) in [5.41, 5.74) is 1.87. The zero-order valence-electron chi connectivity index (χ0n) is 12.4. The Morgan fingerprint density at radius 2 is 2.05 bits per heavy atom. The molecule has 0 aliphatic heterocycles. The fraction of sp³-hybridized carbons (Fsp3) is 0.500. The maximum Gasteiger partial charge on any atom is 0.315 e. The first-order valence-corrected chi connectivity index (χ1v) is 8.93. The average molecular weight is 333 g/mol. The highest BCUT2D eigenvalue weighted by atomic mass is 35.5. The van der Waals surface area contributed by atoms with Crippen LogP contribution >= 0.6 is 11.6 Å². The van der Waals surface area contributed by atoms with Crippen LogP contribution in [0.2, 0.25) is 5.02 Å². The van der Waals surface area contributed by atoms with E-state index in [4.69, 9.17) is 11.6 Å². The maximum absolute atomic E-state index is 11.7. The molecule has 1 rings (SSSR count). The van der Waals surface area contributed by atoms with E-state index >= 15 is 0 Å². The molecule has 7 heteroatoms. The minimum absolute atomic E-state index is 0.0586. The molecule has 1 aromatic rings. The number of carbonyl (C=O) groups excluding carboxylic acids is 1. The molecule has 0 bridgehead atoms. The number of sulfone groups is 1. The summed E-state index contributed by atoms with van der Waals surface area (Å²) >= 11 is 5.93. The van der Waals surface area contributed by atoms with Crippen LogP contribution in [0.1, 0.15) is 25.0 Å². The lowest BCUT2D eigenvalue weighted by Gasteiger charge is -2.14. The molecular weight excluding hydrogens is 312 g/mol.